The van der Waals surface area contributed by atoms with Crippen molar-refractivity contribution in [3.05, 3.63) is 53.2 Å². The van der Waals surface area contributed by atoms with Gasteiger partial charge < -0.3 is 11.5 Å². The summed E-state index contributed by atoms with van der Waals surface area (Å²) in [6, 6.07) is 12.9. The molecule has 0 bridgehead atoms. The highest BCUT2D eigenvalue weighted by molar-refractivity contribution is 5.87. The maximum atomic E-state index is 5.81. The van der Waals surface area contributed by atoms with Gasteiger partial charge in [-0.25, -0.2) is 0 Å². The predicted molar refractivity (Wildman–Crippen MR) is 78.4 cm³/mol. The van der Waals surface area contributed by atoms with Gasteiger partial charge in [-0.3, -0.25) is 4.99 Å². The monoisotopic (exact) mass is 239 g/mol. The first-order chi connectivity index (χ1) is 8.74. The lowest BCUT2D eigenvalue weighted by Gasteiger charge is -2.02. The Morgan fingerprint density at radius 3 is 2.39 bits per heavy atom. The van der Waals surface area contributed by atoms with E-state index in [0.29, 0.717) is 0 Å². The van der Waals surface area contributed by atoms with Gasteiger partial charge in [0.1, 0.15) is 0 Å². The minimum absolute atomic E-state index is 0.903. The second-order valence-corrected chi connectivity index (χ2v) is 4.20. The van der Waals surface area contributed by atoms with Crippen molar-refractivity contribution in [2.24, 2.45) is 16.5 Å². The molecule has 0 aromatic heterocycles. The molecular formula is C15H17N3. The first-order valence-electron chi connectivity index (χ1n) is 5.84. The Kier molecular flexibility index (Phi) is 3.63. The van der Waals surface area contributed by atoms with Gasteiger partial charge in [-0.2, -0.15) is 0 Å². The topological polar surface area (TPSA) is 64.4 Å². The van der Waals surface area contributed by atoms with E-state index in [2.05, 4.69) is 47.5 Å². The number of hydrogen-bond donors (Lipinski definition) is 2. The van der Waals surface area contributed by atoms with Crippen LogP contribution in [0.1, 0.15) is 11.1 Å². The molecule has 0 spiro atoms. The summed E-state index contributed by atoms with van der Waals surface area (Å²) in [4.78, 5) is 3.39. The zero-order valence-corrected chi connectivity index (χ0v) is 10.4. The van der Waals surface area contributed by atoms with Gasteiger partial charge in [0, 0.05) is 19.2 Å². The van der Waals surface area contributed by atoms with E-state index in [1.54, 1.807) is 7.05 Å². The van der Waals surface area contributed by atoms with Gasteiger partial charge in [-0.1, -0.05) is 30.3 Å². The van der Waals surface area contributed by atoms with Crippen LogP contribution in [0.3, 0.4) is 0 Å². The molecule has 0 heterocycles. The quantitative estimate of drug-likeness (QED) is 0.547. The number of nitrogens with two attached hydrogens (primary N) is 2. The van der Waals surface area contributed by atoms with E-state index in [4.69, 9.17) is 11.5 Å². The second-order valence-electron chi connectivity index (χ2n) is 4.20. The molecule has 0 saturated heterocycles. The van der Waals surface area contributed by atoms with E-state index in [1.165, 1.54) is 28.2 Å². The number of benzene rings is 2. The Hall–Kier alpha value is -2.29. The van der Waals surface area contributed by atoms with Gasteiger partial charge in [-0.15, -0.1) is 0 Å². The number of aliphatic imine (C=N–C) groups is 1. The Labute approximate surface area is 107 Å². The Bertz CT molecular complexity index is 608. The molecule has 0 saturated carbocycles. The fourth-order valence-corrected chi connectivity index (χ4v) is 2.06. The Balaban J connectivity index is 0.000000267. The fraction of sp³-hybridized carbons (Fsp3) is 0.133. The molecule has 0 fully saturated rings. The smallest absolute Gasteiger partial charge is 0.0794 e. The van der Waals surface area contributed by atoms with Crippen molar-refractivity contribution in [2.45, 2.75) is 6.42 Å². The number of nitrogens with zero attached hydrogens (tertiary/aromatic N) is 1. The van der Waals surface area contributed by atoms with Crippen LogP contribution < -0.4 is 11.5 Å². The number of rotatable bonds is 0. The van der Waals surface area contributed by atoms with Crippen molar-refractivity contribution < 1.29 is 0 Å². The van der Waals surface area contributed by atoms with E-state index in [9.17, 15) is 0 Å². The molecule has 0 amide bonds. The summed E-state index contributed by atoms with van der Waals surface area (Å²) >= 11 is 0. The third-order valence-electron chi connectivity index (χ3n) is 2.89. The van der Waals surface area contributed by atoms with Crippen LogP contribution in [0.4, 0.5) is 0 Å². The lowest BCUT2D eigenvalue weighted by molar-refractivity contribution is 1.16. The van der Waals surface area contributed by atoms with Crippen LogP contribution in [-0.2, 0) is 6.42 Å². The zero-order chi connectivity index (χ0) is 13.0. The normalized spacial score (nSPS) is 13.1. The van der Waals surface area contributed by atoms with Crippen LogP contribution in [0.2, 0.25) is 0 Å². The predicted octanol–water partition coefficient (Wildman–Crippen LogP) is 2.30. The highest BCUT2D eigenvalue weighted by atomic mass is 14.7. The molecule has 3 heteroatoms. The first-order valence-corrected chi connectivity index (χ1v) is 5.84. The van der Waals surface area contributed by atoms with Crippen molar-refractivity contribution in [2.75, 3.05) is 7.05 Å². The van der Waals surface area contributed by atoms with Gasteiger partial charge in [0.05, 0.1) is 6.34 Å². The molecule has 3 rings (SSSR count). The van der Waals surface area contributed by atoms with Crippen molar-refractivity contribution in [1.29, 1.82) is 0 Å². The van der Waals surface area contributed by atoms with Gasteiger partial charge >= 0.3 is 0 Å². The maximum Gasteiger partial charge on any atom is 0.0794 e. The summed E-state index contributed by atoms with van der Waals surface area (Å²) in [6.45, 7) is 0. The summed E-state index contributed by atoms with van der Waals surface area (Å²) in [6.07, 6.45) is 4.22. The van der Waals surface area contributed by atoms with Crippen LogP contribution in [0.15, 0.2) is 47.1 Å². The Morgan fingerprint density at radius 2 is 1.78 bits per heavy atom. The molecule has 3 nitrogen and oxygen atoms in total. The summed E-state index contributed by atoms with van der Waals surface area (Å²) in [7, 11) is 1.62. The molecule has 18 heavy (non-hydrogen) atoms. The van der Waals surface area contributed by atoms with E-state index in [-0.39, 0.29) is 0 Å². The van der Waals surface area contributed by atoms with E-state index in [1.807, 2.05) is 0 Å². The largest absolute Gasteiger partial charge is 0.402 e. The summed E-state index contributed by atoms with van der Waals surface area (Å²) in [5, 5.41) is 2.59. The van der Waals surface area contributed by atoms with Crippen LogP contribution in [-0.4, -0.2) is 13.4 Å². The number of hydrogen-bond acceptors (Lipinski definition) is 2. The van der Waals surface area contributed by atoms with E-state index >= 15 is 0 Å². The molecule has 0 unspecified atom stereocenters. The van der Waals surface area contributed by atoms with E-state index < -0.39 is 0 Å². The summed E-state index contributed by atoms with van der Waals surface area (Å²) < 4.78 is 0. The van der Waals surface area contributed by atoms with Crippen molar-refractivity contribution >= 4 is 23.2 Å². The highest BCUT2D eigenvalue weighted by Gasteiger charge is 2.10. The molecule has 2 aromatic rings. The van der Waals surface area contributed by atoms with Crippen molar-refractivity contribution in [3.8, 4) is 0 Å². The first kappa shape index (κ1) is 12.2. The zero-order valence-electron chi connectivity index (χ0n) is 10.4. The van der Waals surface area contributed by atoms with Crippen LogP contribution in [0.25, 0.3) is 16.8 Å². The summed E-state index contributed by atoms with van der Waals surface area (Å²) in [5.41, 5.74) is 14.1. The molecule has 2 aromatic carbocycles. The van der Waals surface area contributed by atoms with Gasteiger partial charge in [0.2, 0.25) is 0 Å². The van der Waals surface area contributed by atoms with Crippen LogP contribution in [0, 0.1) is 0 Å². The number of fused-ring (bicyclic) bond motifs is 2. The minimum atomic E-state index is 0.903. The maximum absolute atomic E-state index is 5.81. The van der Waals surface area contributed by atoms with Crippen molar-refractivity contribution in [3.63, 3.8) is 0 Å². The second kappa shape index (κ2) is 5.36. The Morgan fingerprint density at radius 1 is 1.17 bits per heavy atom. The van der Waals surface area contributed by atoms with E-state index in [0.717, 1.165) is 12.1 Å². The molecule has 1 aliphatic carbocycles. The third kappa shape index (κ3) is 2.51. The molecule has 1 aliphatic rings. The summed E-state index contributed by atoms with van der Waals surface area (Å²) in [5.74, 6) is 0. The molecule has 0 atom stereocenters. The number of allylic oxidation sites excluding steroid dienone is 1. The lowest BCUT2D eigenvalue weighted by Crippen LogP contribution is -1.94. The average Bonchev–Trinajstić information content (AvgIpc) is 2.75. The standard InChI is InChI=1S/C13H11N.C2H6N2/c14-13-7-11-5-9-3-1-2-4-10(9)6-12(11)8-13;1-4-2-3/h1-7H,8,14H2;2H,1H3,(H2,3,4). The molecule has 92 valence electrons. The third-order valence-corrected chi connectivity index (χ3v) is 2.89. The average molecular weight is 239 g/mol. The fourth-order valence-electron chi connectivity index (χ4n) is 2.06. The molecule has 4 N–H and O–H groups in total. The lowest BCUT2D eigenvalue weighted by atomic mass is 10.0. The van der Waals surface area contributed by atoms with Gasteiger partial charge in [0.25, 0.3) is 0 Å². The van der Waals surface area contributed by atoms with Crippen LogP contribution >= 0.6 is 0 Å². The molecular weight excluding hydrogens is 222 g/mol. The highest BCUT2D eigenvalue weighted by Crippen LogP contribution is 2.27. The van der Waals surface area contributed by atoms with Crippen LogP contribution in [0.5, 0.6) is 0 Å². The minimum Gasteiger partial charge on any atom is -0.402 e. The van der Waals surface area contributed by atoms with Gasteiger partial charge in [-0.05, 0) is 34.0 Å². The van der Waals surface area contributed by atoms with Crippen molar-refractivity contribution in [1.82, 2.24) is 0 Å². The molecule has 0 aliphatic heterocycles. The SMILES string of the molecule is CN=CN.NC1=Cc2cc3ccccc3cc2C1. The van der Waals surface area contributed by atoms with Gasteiger partial charge in [0.15, 0.2) is 0 Å². The molecule has 0 radical (unpaired) electrons.